The van der Waals surface area contributed by atoms with Gasteiger partial charge in [0.1, 0.15) is 5.82 Å². The smallest absolute Gasteiger partial charge is 0.335 e. The molecule has 0 spiro atoms. The summed E-state index contributed by atoms with van der Waals surface area (Å²) >= 11 is 0. The summed E-state index contributed by atoms with van der Waals surface area (Å²) < 4.78 is 7.33. The largest absolute Gasteiger partial charge is 0.478 e. The van der Waals surface area contributed by atoms with E-state index in [0.717, 1.165) is 11.3 Å². The summed E-state index contributed by atoms with van der Waals surface area (Å²) in [6.45, 7) is 6.60. The van der Waals surface area contributed by atoms with E-state index >= 15 is 0 Å². The van der Waals surface area contributed by atoms with Crippen molar-refractivity contribution in [1.29, 1.82) is 0 Å². The quantitative estimate of drug-likeness (QED) is 0.919. The fraction of sp³-hybridized carbons (Fsp3) is 0.429. The van der Waals surface area contributed by atoms with Gasteiger partial charge in [-0.1, -0.05) is 0 Å². The molecule has 5 nitrogen and oxygen atoms in total. The van der Waals surface area contributed by atoms with Crippen molar-refractivity contribution in [3.8, 4) is 0 Å². The lowest BCUT2D eigenvalue weighted by Crippen LogP contribution is -2.32. The molecule has 0 aliphatic carbocycles. The molecule has 0 radical (unpaired) electrons. The van der Waals surface area contributed by atoms with Crippen LogP contribution in [0.4, 0.5) is 0 Å². The summed E-state index contributed by atoms with van der Waals surface area (Å²) in [5.41, 5.74) is 1.63. The second kappa shape index (κ2) is 4.66. The number of rotatable bonds is 4. The van der Waals surface area contributed by atoms with Gasteiger partial charge in [0.25, 0.3) is 0 Å². The first kappa shape index (κ1) is 13.5. The van der Waals surface area contributed by atoms with Crippen LogP contribution >= 0.6 is 0 Å². The first-order valence-electron chi connectivity index (χ1n) is 6.08. The molecule has 1 heterocycles. The Morgan fingerprint density at radius 2 is 2.16 bits per heavy atom. The van der Waals surface area contributed by atoms with Gasteiger partial charge < -0.3 is 14.4 Å². The Kier molecular flexibility index (Phi) is 3.32. The topological polar surface area (TPSA) is 64.4 Å². The normalized spacial score (nSPS) is 12.0. The summed E-state index contributed by atoms with van der Waals surface area (Å²) in [5, 5.41) is 9.01. The summed E-state index contributed by atoms with van der Waals surface area (Å²) in [6.07, 6.45) is 0. The highest BCUT2D eigenvalue weighted by Crippen LogP contribution is 2.26. The van der Waals surface area contributed by atoms with Crippen LogP contribution in [-0.2, 0) is 10.3 Å². The Bertz CT molecular complexity index is 629. The summed E-state index contributed by atoms with van der Waals surface area (Å²) in [5.74, 6) is -0.0927. The molecule has 2 aromatic rings. The molecule has 1 aromatic carbocycles. The Balaban J connectivity index is 2.63. The molecule has 0 aliphatic heterocycles. The van der Waals surface area contributed by atoms with E-state index in [9.17, 15) is 4.79 Å². The first-order valence-corrected chi connectivity index (χ1v) is 6.08. The van der Waals surface area contributed by atoms with Gasteiger partial charge in [0.2, 0.25) is 0 Å². The summed E-state index contributed by atoms with van der Waals surface area (Å²) in [4.78, 5) is 15.4. The molecule has 0 amide bonds. The van der Waals surface area contributed by atoms with Crippen LogP contribution < -0.4 is 0 Å². The Hall–Kier alpha value is -1.88. The van der Waals surface area contributed by atoms with Gasteiger partial charge in [-0.25, -0.2) is 9.78 Å². The molecule has 19 heavy (non-hydrogen) atoms. The number of benzene rings is 1. The predicted molar refractivity (Wildman–Crippen MR) is 72.6 cm³/mol. The number of fused-ring (bicyclic) bond motifs is 1. The van der Waals surface area contributed by atoms with Crippen LogP contribution in [0.2, 0.25) is 0 Å². The van der Waals surface area contributed by atoms with Crippen molar-refractivity contribution in [3.63, 3.8) is 0 Å². The Morgan fingerprint density at radius 1 is 1.47 bits per heavy atom. The summed E-state index contributed by atoms with van der Waals surface area (Å²) in [7, 11) is 1.67. The van der Waals surface area contributed by atoms with Crippen LogP contribution in [0.5, 0.6) is 0 Å². The molecule has 0 atom stereocenters. The lowest BCUT2D eigenvalue weighted by molar-refractivity contribution is 0.0697. The number of hydrogen-bond acceptors (Lipinski definition) is 3. The molecule has 0 saturated carbocycles. The van der Waals surface area contributed by atoms with Crippen molar-refractivity contribution >= 4 is 17.0 Å². The fourth-order valence-corrected chi connectivity index (χ4v) is 2.52. The van der Waals surface area contributed by atoms with Crippen molar-refractivity contribution in [1.82, 2.24) is 9.55 Å². The van der Waals surface area contributed by atoms with E-state index < -0.39 is 5.97 Å². The highest BCUT2D eigenvalue weighted by molar-refractivity contribution is 5.92. The average Bonchev–Trinajstić information content (AvgIpc) is 2.63. The zero-order chi connectivity index (χ0) is 14.2. The molecular weight excluding hydrogens is 244 g/mol. The molecule has 2 rings (SSSR count). The fourth-order valence-electron chi connectivity index (χ4n) is 2.52. The number of nitrogens with zero attached hydrogens (tertiary/aromatic N) is 2. The van der Waals surface area contributed by atoms with E-state index in [4.69, 9.17) is 9.84 Å². The highest BCUT2D eigenvalue weighted by Gasteiger charge is 2.24. The van der Waals surface area contributed by atoms with Gasteiger partial charge in [0.05, 0.1) is 28.7 Å². The van der Waals surface area contributed by atoms with Gasteiger partial charge in [0.15, 0.2) is 0 Å². The van der Waals surface area contributed by atoms with Crippen molar-refractivity contribution < 1.29 is 14.6 Å². The zero-order valence-corrected chi connectivity index (χ0v) is 11.6. The van der Waals surface area contributed by atoms with Gasteiger partial charge in [0, 0.05) is 7.11 Å². The Labute approximate surface area is 111 Å². The zero-order valence-electron chi connectivity index (χ0n) is 11.6. The SMILES string of the molecule is COCC(C)(C)n1c(C)nc2cc(C(=O)O)ccc21. The number of imidazole rings is 1. The molecule has 0 bridgehead atoms. The van der Waals surface area contributed by atoms with Crippen LogP contribution in [0.15, 0.2) is 18.2 Å². The van der Waals surface area contributed by atoms with E-state index in [0.29, 0.717) is 12.1 Å². The van der Waals surface area contributed by atoms with Gasteiger partial charge in [-0.2, -0.15) is 0 Å². The maximum absolute atomic E-state index is 11.0. The molecule has 5 heteroatoms. The number of methoxy groups -OCH3 is 1. The molecule has 1 aromatic heterocycles. The van der Waals surface area contributed by atoms with Crippen molar-refractivity contribution in [3.05, 3.63) is 29.6 Å². The van der Waals surface area contributed by atoms with Crippen LogP contribution in [-0.4, -0.2) is 34.3 Å². The molecular formula is C14H18N2O3. The minimum atomic E-state index is -0.940. The first-order chi connectivity index (χ1) is 8.86. The van der Waals surface area contributed by atoms with Gasteiger partial charge in [-0.3, -0.25) is 0 Å². The molecule has 102 valence electrons. The van der Waals surface area contributed by atoms with E-state index in [2.05, 4.69) is 23.4 Å². The third kappa shape index (κ3) is 2.33. The Morgan fingerprint density at radius 3 is 2.74 bits per heavy atom. The molecule has 0 saturated heterocycles. The van der Waals surface area contributed by atoms with Crippen LogP contribution in [0.25, 0.3) is 11.0 Å². The molecule has 0 aliphatic rings. The van der Waals surface area contributed by atoms with Gasteiger partial charge >= 0.3 is 5.97 Å². The molecule has 0 fully saturated rings. The lowest BCUT2D eigenvalue weighted by atomic mass is 10.1. The summed E-state index contributed by atoms with van der Waals surface area (Å²) in [6, 6.07) is 5.01. The number of carboxylic acid groups (broad SMARTS) is 1. The number of carbonyl (C=O) groups is 1. The molecule has 1 N–H and O–H groups in total. The maximum Gasteiger partial charge on any atom is 0.335 e. The average molecular weight is 262 g/mol. The van der Waals surface area contributed by atoms with Crippen LogP contribution in [0.3, 0.4) is 0 Å². The van der Waals surface area contributed by atoms with E-state index in [1.165, 1.54) is 0 Å². The second-order valence-corrected chi connectivity index (χ2v) is 5.25. The second-order valence-electron chi connectivity index (χ2n) is 5.25. The number of aromatic nitrogens is 2. The van der Waals surface area contributed by atoms with E-state index in [-0.39, 0.29) is 11.1 Å². The third-order valence-electron chi connectivity index (χ3n) is 3.17. The highest BCUT2D eigenvalue weighted by atomic mass is 16.5. The maximum atomic E-state index is 11.0. The predicted octanol–water partition coefficient (Wildman–Crippen LogP) is 2.42. The minimum absolute atomic E-state index is 0.238. The van der Waals surface area contributed by atoms with Crippen molar-refractivity contribution in [2.75, 3.05) is 13.7 Å². The van der Waals surface area contributed by atoms with Gasteiger partial charge in [-0.05, 0) is 39.0 Å². The lowest BCUT2D eigenvalue weighted by Gasteiger charge is -2.28. The van der Waals surface area contributed by atoms with E-state index in [1.54, 1.807) is 25.3 Å². The third-order valence-corrected chi connectivity index (χ3v) is 3.17. The standard InChI is InChI=1S/C14H18N2O3/c1-9-15-11-7-10(13(17)18)5-6-12(11)16(9)14(2,3)8-19-4/h5-7H,8H2,1-4H3,(H,17,18). The number of ether oxygens (including phenoxy) is 1. The minimum Gasteiger partial charge on any atom is -0.478 e. The van der Waals surface area contributed by atoms with Crippen LogP contribution in [0.1, 0.15) is 30.0 Å². The monoisotopic (exact) mass is 262 g/mol. The molecule has 0 unspecified atom stereocenters. The van der Waals surface area contributed by atoms with E-state index in [1.807, 2.05) is 6.92 Å². The number of carboxylic acids is 1. The van der Waals surface area contributed by atoms with Gasteiger partial charge in [-0.15, -0.1) is 0 Å². The van der Waals surface area contributed by atoms with Crippen LogP contribution in [0, 0.1) is 6.92 Å². The number of aromatic carboxylic acids is 1. The number of hydrogen-bond donors (Lipinski definition) is 1. The number of aryl methyl sites for hydroxylation is 1. The van der Waals surface area contributed by atoms with Crippen molar-refractivity contribution in [2.24, 2.45) is 0 Å². The van der Waals surface area contributed by atoms with Crippen molar-refractivity contribution in [2.45, 2.75) is 26.3 Å².